The summed E-state index contributed by atoms with van der Waals surface area (Å²) in [5, 5.41) is 7.05. The van der Waals surface area contributed by atoms with Crippen LogP contribution in [0.5, 0.6) is 17.2 Å². The smallest absolute Gasteiger partial charge is 0.262 e. The van der Waals surface area contributed by atoms with Crippen LogP contribution in [0.4, 0.5) is 5.69 Å². The summed E-state index contributed by atoms with van der Waals surface area (Å²) >= 11 is 0. The van der Waals surface area contributed by atoms with E-state index in [2.05, 4.69) is 10.4 Å². The molecule has 0 saturated heterocycles. The summed E-state index contributed by atoms with van der Waals surface area (Å²) in [7, 11) is 0. The Labute approximate surface area is 162 Å². The molecule has 1 aliphatic heterocycles. The highest BCUT2D eigenvalue weighted by atomic mass is 16.6. The number of rotatable bonds is 6. The third kappa shape index (κ3) is 4.43. The maximum absolute atomic E-state index is 12.1. The van der Waals surface area contributed by atoms with Gasteiger partial charge in [0.05, 0.1) is 18.4 Å². The quantitative estimate of drug-likeness (QED) is 0.713. The van der Waals surface area contributed by atoms with Crippen LogP contribution in [0, 0.1) is 6.92 Å². The van der Waals surface area contributed by atoms with Crippen LogP contribution in [0.2, 0.25) is 0 Å². The second kappa shape index (κ2) is 8.04. The van der Waals surface area contributed by atoms with Gasteiger partial charge in [-0.2, -0.15) is 5.10 Å². The second-order valence-corrected chi connectivity index (χ2v) is 6.60. The molecular formula is C21H21N3O4. The van der Waals surface area contributed by atoms with Crippen LogP contribution in [0.25, 0.3) is 0 Å². The topological polar surface area (TPSA) is 74.6 Å². The number of amides is 1. The third-order valence-electron chi connectivity index (χ3n) is 4.27. The minimum absolute atomic E-state index is 0.0649. The zero-order valence-corrected chi connectivity index (χ0v) is 15.5. The van der Waals surface area contributed by atoms with Crippen LogP contribution in [-0.4, -0.2) is 35.0 Å². The van der Waals surface area contributed by atoms with Gasteiger partial charge in [-0.3, -0.25) is 9.48 Å². The minimum atomic E-state index is -0.244. The lowest BCUT2D eigenvalue weighted by Crippen LogP contribution is -2.33. The van der Waals surface area contributed by atoms with E-state index in [-0.39, 0.29) is 18.6 Å². The molecule has 3 aromatic rings. The van der Waals surface area contributed by atoms with Gasteiger partial charge in [0.1, 0.15) is 12.4 Å². The molecule has 7 heteroatoms. The van der Waals surface area contributed by atoms with Gasteiger partial charge in [0.25, 0.3) is 5.91 Å². The Morgan fingerprint density at radius 2 is 2.00 bits per heavy atom. The first-order valence-corrected chi connectivity index (χ1v) is 9.06. The second-order valence-electron chi connectivity index (χ2n) is 6.60. The molecule has 28 heavy (non-hydrogen) atoms. The summed E-state index contributed by atoms with van der Waals surface area (Å²) in [4.78, 5) is 12.1. The molecule has 1 atom stereocenters. The molecule has 0 bridgehead atoms. The average molecular weight is 379 g/mol. The summed E-state index contributed by atoms with van der Waals surface area (Å²) in [5.41, 5.74) is 1.75. The number of ether oxygens (including phenoxy) is 3. The van der Waals surface area contributed by atoms with Gasteiger partial charge in [0, 0.05) is 6.20 Å². The number of aryl methyl sites for hydroxylation is 1. The number of fused-ring (bicyclic) bond motifs is 1. The van der Waals surface area contributed by atoms with Crippen molar-refractivity contribution in [3.63, 3.8) is 0 Å². The zero-order valence-electron chi connectivity index (χ0n) is 15.5. The Balaban J connectivity index is 1.27. The number of hydrogen-bond donors (Lipinski definition) is 1. The number of carbonyl (C=O) groups is 1. The molecule has 4 rings (SSSR count). The Morgan fingerprint density at radius 1 is 1.21 bits per heavy atom. The first-order chi connectivity index (χ1) is 13.7. The van der Waals surface area contributed by atoms with Gasteiger partial charge in [-0.05, 0) is 31.2 Å². The predicted octanol–water partition coefficient (Wildman–Crippen LogP) is 3.05. The lowest BCUT2D eigenvalue weighted by atomic mass is 10.2. The largest absolute Gasteiger partial charge is 0.486 e. The Hall–Kier alpha value is -3.48. The molecule has 7 nitrogen and oxygen atoms in total. The number of hydrogen-bond acceptors (Lipinski definition) is 5. The van der Waals surface area contributed by atoms with Crippen LogP contribution < -0.4 is 19.5 Å². The Morgan fingerprint density at radius 3 is 2.82 bits per heavy atom. The molecule has 1 N–H and O–H groups in total. The summed E-state index contributed by atoms with van der Waals surface area (Å²) in [6, 6.07) is 15.1. The van der Waals surface area contributed by atoms with E-state index in [1.165, 1.54) is 0 Å². The standard InChI is InChI=1S/C21H21N3O4/c1-15-6-8-17(9-7-15)26-14-21(25)23-16-10-22-24(11-16)12-18-13-27-19-4-2-3-5-20(19)28-18/h2-11,18H,12-14H2,1H3,(H,23,25). The summed E-state index contributed by atoms with van der Waals surface area (Å²) in [6.07, 6.45) is 3.21. The molecule has 1 aromatic heterocycles. The molecule has 0 saturated carbocycles. The van der Waals surface area contributed by atoms with Crippen molar-refractivity contribution in [2.75, 3.05) is 18.5 Å². The van der Waals surface area contributed by atoms with Gasteiger partial charge in [-0.1, -0.05) is 29.8 Å². The Kier molecular flexibility index (Phi) is 5.14. The van der Waals surface area contributed by atoms with Crippen LogP contribution >= 0.6 is 0 Å². The van der Waals surface area contributed by atoms with Crippen LogP contribution in [0.1, 0.15) is 5.56 Å². The maximum Gasteiger partial charge on any atom is 0.262 e. The van der Waals surface area contributed by atoms with E-state index in [1.807, 2.05) is 55.5 Å². The van der Waals surface area contributed by atoms with Crippen molar-refractivity contribution in [1.29, 1.82) is 0 Å². The SMILES string of the molecule is Cc1ccc(OCC(=O)Nc2cnn(CC3COc4ccccc4O3)c2)cc1. The number of aromatic nitrogens is 2. The van der Waals surface area contributed by atoms with Gasteiger partial charge >= 0.3 is 0 Å². The van der Waals surface area contributed by atoms with Crippen LogP contribution in [-0.2, 0) is 11.3 Å². The average Bonchev–Trinajstić information content (AvgIpc) is 3.14. The van der Waals surface area contributed by atoms with Crippen molar-refractivity contribution in [1.82, 2.24) is 9.78 Å². The van der Waals surface area contributed by atoms with Crippen molar-refractivity contribution in [3.8, 4) is 17.2 Å². The van der Waals surface area contributed by atoms with Gasteiger partial charge in [-0.25, -0.2) is 0 Å². The highest BCUT2D eigenvalue weighted by Crippen LogP contribution is 2.31. The molecule has 0 aliphatic carbocycles. The molecule has 144 valence electrons. The van der Waals surface area contributed by atoms with E-state index in [0.29, 0.717) is 24.6 Å². The molecule has 0 spiro atoms. The molecule has 0 fully saturated rings. The first-order valence-electron chi connectivity index (χ1n) is 9.06. The highest BCUT2D eigenvalue weighted by Gasteiger charge is 2.21. The molecular weight excluding hydrogens is 358 g/mol. The van der Waals surface area contributed by atoms with E-state index in [9.17, 15) is 4.79 Å². The van der Waals surface area contributed by atoms with E-state index in [4.69, 9.17) is 14.2 Å². The predicted molar refractivity (Wildman–Crippen MR) is 104 cm³/mol. The van der Waals surface area contributed by atoms with Crippen molar-refractivity contribution in [2.45, 2.75) is 19.6 Å². The number of nitrogens with one attached hydrogen (secondary N) is 1. The molecule has 1 aliphatic rings. The van der Waals surface area contributed by atoms with Gasteiger partial charge in [0.15, 0.2) is 24.2 Å². The normalized spacial score (nSPS) is 15.1. The fourth-order valence-electron chi connectivity index (χ4n) is 2.87. The zero-order chi connectivity index (χ0) is 19.3. The Bertz CT molecular complexity index is 952. The highest BCUT2D eigenvalue weighted by molar-refractivity contribution is 5.91. The maximum atomic E-state index is 12.1. The van der Waals surface area contributed by atoms with Gasteiger partial charge < -0.3 is 19.5 Å². The number of benzene rings is 2. The fraction of sp³-hybridized carbons (Fsp3) is 0.238. The van der Waals surface area contributed by atoms with Crippen LogP contribution in [0.15, 0.2) is 60.9 Å². The van der Waals surface area contributed by atoms with E-state index in [1.54, 1.807) is 17.1 Å². The van der Waals surface area contributed by atoms with Crippen molar-refractivity contribution in [2.24, 2.45) is 0 Å². The van der Waals surface area contributed by atoms with Crippen molar-refractivity contribution < 1.29 is 19.0 Å². The van der Waals surface area contributed by atoms with E-state index in [0.717, 1.165) is 17.1 Å². The van der Waals surface area contributed by atoms with E-state index < -0.39 is 0 Å². The lowest BCUT2D eigenvalue weighted by molar-refractivity contribution is -0.118. The third-order valence-corrected chi connectivity index (χ3v) is 4.27. The van der Waals surface area contributed by atoms with Gasteiger partial charge in [0.2, 0.25) is 0 Å². The first kappa shape index (κ1) is 17.9. The number of anilines is 1. The minimum Gasteiger partial charge on any atom is -0.486 e. The molecule has 2 aromatic carbocycles. The lowest BCUT2D eigenvalue weighted by Gasteiger charge is -2.26. The molecule has 1 amide bonds. The fourth-order valence-corrected chi connectivity index (χ4v) is 2.87. The molecule has 2 heterocycles. The summed E-state index contributed by atoms with van der Waals surface area (Å²) < 4.78 is 18.8. The van der Waals surface area contributed by atoms with Crippen LogP contribution in [0.3, 0.4) is 0 Å². The van der Waals surface area contributed by atoms with E-state index >= 15 is 0 Å². The number of carbonyl (C=O) groups excluding carboxylic acids is 1. The summed E-state index contributed by atoms with van der Waals surface area (Å²) in [6.45, 7) is 2.90. The number of para-hydroxylation sites is 2. The monoisotopic (exact) mass is 379 g/mol. The van der Waals surface area contributed by atoms with Crippen molar-refractivity contribution >= 4 is 11.6 Å². The number of nitrogens with zero attached hydrogens (tertiary/aromatic N) is 2. The van der Waals surface area contributed by atoms with Crippen molar-refractivity contribution in [3.05, 3.63) is 66.5 Å². The summed E-state index contributed by atoms with van der Waals surface area (Å²) in [5.74, 6) is 1.89. The molecule has 0 radical (unpaired) electrons. The molecule has 1 unspecified atom stereocenters. The van der Waals surface area contributed by atoms with Gasteiger partial charge in [-0.15, -0.1) is 0 Å².